The van der Waals surface area contributed by atoms with E-state index in [2.05, 4.69) is 21.2 Å². The summed E-state index contributed by atoms with van der Waals surface area (Å²) in [7, 11) is 0. The molecular weight excluding hydrogens is 292 g/mol. The monoisotopic (exact) mass is 316 g/mol. The Balaban J connectivity index is 1.67. The third-order valence-electron chi connectivity index (χ3n) is 4.85. The molecule has 2 heterocycles. The minimum Gasteiger partial charge on any atom is -0.488 e. The molecule has 6 nitrogen and oxygen atoms in total. The highest BCUT2D eigenvalue weighted by molar-refractivity contribution is 5.95. The summed E-state index contributed by atoms with van der Waals surface area (Å²) in [5.41, 5.74) is 8.29. The fourth-order valence-electron chi connectivity index (χ4n) is 3.66. The number of nitrogens with zero attached hydrogens (tertiary/aromatic N) is 2. The zero-order chi connectivity index (χ0) is 15.6. The number of benzene rings is 1. The van der Waals surface area contributed by atoms with Crippen LogP contribution in [0.3, 0.4) is 0 Å². The molecule has 2 aromatic rings. The van der Waals surface area contributed by atoms with Gasteiger partial charge in [-0.3, -0.25) is 5.10 Å². The number of hydrogen-bond acceptors (Lipinski definition) is 5. The number of nitrogens with one attached hydrogen (secondary N) is 1. The number of anilines is 1. The predicted molar refractivity (Wildman–Crippen MR) is 90.0 cm³/mol. The zero-order valence-electron chi connectivity index (χ0n) is 13.3. The number of H-pyrrole nitrogens is 1. The molecule has 124 valence electrons. The third kappa shape index (κ3) is 3.01. The van der Waals surface area contributed by atoms with Crippen molar-refractivity contribution in [1.29, 1.82) is 0 Å². The van der Waals surface area contributed by atoms with Crippen molar-refractivity contribution in [2.75, 3.05) is 31.2 Å². The van der Waals surface area contributed by atoms with E-state index in [0.717, 1.165) is 74.3 Å². The van der Waals surface area contributed by atoms with Gasteiger partial charge < -0.3 is 20.1 Å². The lowest BCUT2D eigenvalue weighted by molar-refractivity contribution is 0.121. The summed E-state index contributed by atoms with van der Waals surface area (Å²) in [5.74, 6) is 0.944. The minimum atomic E-state index is 0.211. The maximum Gasteiger partial charge on any atom is 0.143 e. The highest BCUT2D eigenvalue weighted by atomic mass is 16.5. The average molecular weight is 316 g/mol. The Bertz CT molecular complexity index is 666. The summed E-state index contributed by atoms with van der Waals surface area (Å²) in [4.78, 5) is 2.35. The Kier molecular flexibility index (Phi) is 4.10. The first kappa shape index (κ1) is 14.8. The van der Waals surface area contributed by atoms with Gasteiger partial charge in [0, 0.05) is 24.5 Å². The second-order valence-electron chi connectivity index (χ2n) is 6.51. The quantitative estimate of drug-likeness (QED) is 0.906. The molecule has 1 saturated heterocycles. The van der Waals surface area contributed by atoms with E-state index < -0.39 is 0 Å². The molecule has 3 N–H and O–H groups in total. The van der Waals surface area contributed by atoms with Gasteiger partial charge in [-0.2, -0.15) is 5.10 Å². The number of aromatic nitrogens is 2. The van der Waals surface area contributed by atoms with Crippen molar-refractivity contribution in [2.24, 2.45) is 5.73 Å². The van der Waals surface area contributed by atoms with E-state index in [1.54, 1.807) is 0 Å². The van der Waals surface area contributed by atoms with Crippen LogP contribution in [0, 0.1) is 0 Å². The van der Waals surface area contributed by atoms with Crippen LogP contribution in [0.25, 0.3) is 10.9 Å². The zero-order valence-corrected chi connectivity index (χ0v) is 13.3. The van der Waals surface area contributed by atoms with Crippen LogP contribution in [0.15, 0.2) is 18.3 Å². The topological polar surface area (TPSA) is 76.4 Å². The predicted octanol–water partition coefficient (Wildman–Crippen LogP) is 2.05. The molecule has 0 amide bonds. The Labute approximate surface area is 135 Å². The van der Waals surface area contributed by atoms with Crippen LogP contribution in [0.1, 0.15) is 25.7 Å². The second-order valence-corrected chi connectivity index (χ2v) is 6.51. The number of ether oxygens (including phenoxy) is 2. The first-order valence-corrected chi connectivity index (χ1v) is 8.52. The van der Waals surface area contributed by atoms with Gasteiger partial charge in [0.25, 0.3) is 0 Å². The lowest BCUT2D eigenvalue weighted by Gasteiger charge is -2.33. The SMILES string of the molecule is NC1CCCC(Oc2ccc3[nH]ncc3c2N2CCOCC2)C1. The molecule has 4 rings (SSSR count). The van der Waals surface area contributed by atoms with Crippen LogP contribution in [-0.2, 0) is 4.74 Å². The highest BCUT2D eigenvalue weighted by Crippen LogP contribution is 2.38. The van der Waals surface area contributed by atoms with E-state index in [1.165, 1.54) is 0 Å². The minimum absolute atomic E-state index is 0.211. The Morgan fingerprint density at radius 2 is 2.13 bits per heavy atom. The number of fused-ring (bicyclic) bond motifs is 1. The van der Waals surface area contributed by atoms with Gasteiger partial charge in [0.05, 0.1) is 30.6 Å². The van der Waals surface area contributed by atoms with Gasteiger partial charge in [-0.25, -0.2) is 0 Å². The van der Waals surface area contributed by atoms with E-state index in [0.29, 0.717) is 0 Å². The molecule has 0 bridgehead atoms. The van der Waals surface area contributed by atoms with Crippen molar-refractivity contribution in [3.63, 3.8) is 0 Å². The van der Waals surface area contributed by atoms with Crippen molar-refractivity contribution in [1.82, 2.24) is 10.2 Å². The fraction of sp³-hybridized carbons (Fsp3) is 0.588. The number of nitrogens with two attached hydrogens (primary N) is 1. The summed E-state index contributed by atoms with van der Waals surface area (Å²) >= 11 is 0. The summed E-state index contributed by atoms with van der Waals surface area (Å²) < 4.78 is 11.9. The normalized spacial score (nSPS) is 25.7. The smallest absolute Gasteiger partial charge is 0.143 e. The Hall–Kier alpha value is -1.79. The van der Waals surface area contributed by atoms with E-state index in [1.807, 2.05) is 12.3 Å². The number of morpholine rings is 1. The lowest BCUT2D eigenvalue weighted by Crippen LogP contribution is -2.37. The molecular formula is C17H24N4O2. The summed E-state index contributed by atoms with van der Waals surface area (Å²) in [6.07, 6.45) is 6.37. The Morgan fingerprint density at radius 3 is 2.96 bits per heavy atom. The van der Waals surface area contributed by atoms with Gasteiger partial charge in [0.2, 0.25) is 0 Å². The standard InChI is InChI=1S/C17H24N4O2/c18-12-2-1-3-13(10-12)23-16-5-4-15-14(11-19-20-15)17(16)21-6-8-22-9-7-21/h4-5,11-13H,1-3,6-10,18H2,(H,19,20). The lowest BCUT2D eigenvalue weighted by atomic mass is 9.93. The third-order valence-corrected chi connectivity index (χ3v) is 4.85. The van der Waals surface area contributed by atoms with Crippen LogP contribution in [0.2, 0.25) is 0 Å². The number of hydrogen-bond donors (Lipinski definition) is 2. The molecule has 1 saturated carbocycles. The molecule has 2 fully saturated rings. The van der Waals surface area contributed by atoms with Crippen molar-refractivity contribution in [2.45, 2.75) is 37.8 Å². The Morgan fingerprint density at radius 1 is 1.26 bits per heavy atom. The molecule has 1 aromatic carbocycles. The summed E-state index contributed by atoms with van der Waals surface area (Å²) in [6, 6.07) is 4.37. The van der Waals surface area contributed by atoms with Crippen molar-refractivity contribution < 1.29 is 9.47 Å². The number of rotatable bonds is 3. The molecule has 0 radical (unpaired) electrons. The molecule has 1 aromatic heterocycles. The molecule has 0 spiro atoms. The van der Waals surface area contributed by atoms with E-state index in [4.69, 9.17) is 15.2 Å². The summed E-state index contributed by atoms with van der Waals surface area (Å²) in [5, 5.41) is 8.37. The highest BCUT2D eigenvalue weighted by Gasteiger charge is 2.24. The molecule has 2 aliphatic rings. The van der Waals surface area contributed by atoms with Crippen LogP contribution >= 0.6 is 0 Å². The van der Waals surface area contributed by atoms with Crippen LogP contribution < -0.4 is 15.4 Å². The van der Waals surface area contributed by atoms with Crippen LogP contribution in [0.4, 0.5) is 5.69 Å². The number of aromatic amines is 1. The van der Waals surface area contributed by atoms with Gasteiger partial charge in [0.1, 0.15) is 11.9 Å². The maximum atomic E-state index is 6.38. The second kappa shape index (κ2) is 6.37. The van der Waals surface area contributed by atoms with Crippen LogP contribution in [0.5, 0.6) is 5.75 Å². The molecule has 1 aliphatic carbocycles. The molecule has 2 unspecified atom stereocenters. The molecule has 6 heteroatoms. The largest absolute Gasteiger partial charge is 0.488 e. The van der Waals surface area contributed by atoms with Gasteiger partial charge in [0.15, 0.2) is 0 Å². The molecule has 1 aliphatic heterocycles. The van der Waals surface area contributed by atoms with Crippen LogP contribution in [-0.4, -0.2) is 48.6 Å². The van der Waals surface area contributed by atoms with Crippen molar-refractivity contribution in [3.05, 3.63) is 18.3 Å². The molecule has 2 atom stereocenters. The fourth-order valence-corrected chi connectivity index (χ4v) is 3.66. The molecule has 23 heavy (non-hydrogen) atoms. The van der Waals surface area contributed by atoms with Gasteiger partial charge in [-0.1, -0.05) is 0 Å². The first-order valence-electron chi connectivity index (χ1n) is 8.52. The van der Waals surface area contributed by atoms with Gasteiger partial charge >= 0.3 is 0 Å². The average Bonchev–Trinajstić information content (AvgIpc) is 3.04. The summed E-state index contributed by atoms with van der Waals surface area (Å²) in [6.45, 7) is 3.26. The first-order chi connectivity index (χ1) is 11.3. The van der Waals surface area contributed by atoms with E-state index in [9.17, 15) is 0 Å². The van der Waals surface area contributed by atoms with Crippen molar-refractivity contribution in [3.8, 4) is 5.75 Å². The van der Waals surface area contributed by atoms with E-state index >= 15 is 0 Å². The van der Waals surface area contributed by atoms with Gasteiger partial charge in [-0.05, 0) is 37.8 Å². The van der Waals surface area contributed by atoms with Crippen molar-refractivity contribution >= 4 is 16.6 Å². The van der Waals surface area contributed by atoms with Gasteiger partial charge in [-0.15, -0.1) is 0 Å². The van der Waals surface area contributed by atoms with E-state index in [-0.39, 0.29) is 12.1 Å². The maximum absolute atomic E-state index is 6.38.